The SMILES string of the molecule is CC1(C)O[C@@H]2C[C@H]3[C@@H]4C[C@H](F)C5=CC(=O)C=C[C@]5(C)[C@@]4(Cl)[C@@H](Cl)C[C@]3(C)[C@]2(C(=O)O)O1. The van der Waals surface area contributed by atoms with E-state index in [4.69, 9.17) is 32.7 Å². The molecule has 1 N–H and O–H groups in total. The standard InChI is InChI=1S/C23H27Cl2FO5/c1-19(2)30-17-9-12-13-8-15(26)14-7-11(27)5-6-20(14,3)22(13,25)16(24)10-21(12,4)23(17,31-19)18(28)29/h5-7,12-13,15-17H,8-10H2,1-4H3,(H,28,29)/t12-,13-,15-,16-,17+,20-,21-,22-,23-/m0/s1. The Labute approximate surface area is 190 Å². The number of carboxylic acids is 1. The lowest BCUT2D eigenvalue weighted by Gasteiger charge is -2.64. The maximum atomic E-state index is 15.5. The van der Waals surface area contributed by atoms with Crippen molar-refractivity contribution in [3.63, 3.8) is 0 Å². The van der Waals surface area contributed by atoms with E-state index in [2.05, 4.69) is 0 Å². The van der Waals surface area contributed by atoms with Gasteiger partial charge >= 0.3 is 5.97 Å². The highest BCUT2D eigenvalue weighted by atomic mass is 35.5. The highest BCUT2D eigenvalue weighted by Crippen LogP contribution is 2.73. The van der Waals surface area contributed by atoms with Gasteiger partial charge in [0.05, 0.1) is 10.3 Å². The van der Waals surface area contributed by atoms with Gasteiger partial charge in [0.25, 0.3) is 0 Å². The zero-order valence-electron chi connectivity index (χ0n) is 18.0. The van der Waals surface area contributed by atoms with Gasteiger partial charge in [0, 0.05) is 10.8 Å². The molecule has 4 aliphatic carbocycles. The van der Waals surface area contributed by atoms with E-state index in [0.29, 0.717) is 12.0 Å². The Morgan fingerprint density at radius 2 is 1.90 bits per heavy atom. The normalized spacial score (nSPS) is 54.5. The summed E-state index contributed by atoms with van der Waals surface area (Å²) in [6.07, 6.45) is 3.19. The number of ketones is 1. The molecule has 1 aliphatic heterocycles. The van der Waals surface area contributed by atoms with E-state index in [9.17, 15) is 14.7 Å². The van der Waals surface area contributed by atoms with E-state index in [0.717, 1.165) is 0 Å². The van der Waals surface area contributed by atoms with Gasteiger partial charge < -0.3 is 14.6 Å². The van der Waals surface area contributed by atoms with Crippen molar-refractivity contribution in [1.29, 1.82) is 0 Å². The van der Waals surface area contributed by atoms with E-state index in [1.165, 1.54) is 12.2 Å². The lowest BCUT2D eigenvalue weighted by atomic mass is 9.46. The third-order valence-electron chi connectivity index (χ3n) is 8.90. The van der Waals surface area contributed by atoms with Crippen molar-refractivity contribution < 1.29 is 28.6 Å². The quantitative estimate of drug-likeness (QED) is 0.572. The summed E-state index contributed by atoms with van der Waals surface area (Å²) in [5.41, 5.74) is -3.06. The van der Waals surface area contributed by atoms with Gasteiger partial charge in [-0.1, -0.05) is 19.9 Å². The number of hydrogen-bond acceptors (Lipinski definition) is 4. The van der Waals surface area contributed by atoms with Crippen molar-refractivity contribution in [2.45, 2.75) is 80.9 Å². The predicted molar refractivity (Wildman–Crippen MR) is 113 cm³/mol. The Hall–Kier alpha value is -0.950. The molecule has 0 aromatic rings. The molecule has 0 radical (unpaired) electrons. The van der Waals surface area contributed by atoms with Crippen LogP contribution in [-0.4, -0.2) is 50.8 Å². The molecule has 3 saturated carbocycles. The fourth-order valence-electron chi connectivity index (χ4n) is 7.61. The number of fused-ring (bicyclic) bond motifs is 7. The fraction of sp³-hybridized carbons (Fsp3) is 0.739. The number of allylic oxidation sites excluding steroid dienone is 4. The number of carboxylic acid groups (broad SMARTS) is 1. The van der Waals surface area contributed by atoms with Crippen molar-refractivity contribution in [3.05, 3.63) is 23.8 Å². The molecule has 9 atom stereocenters. The Kier molecular flexibility index (Phi) is 4.33. The van der Waals surface area contributed by atoms with Crippen molar-refractivity contribution in [3.8, 4) is 0 Å². The highest BCUT2D eigenvalue weighted by Gasteiger charge is 2.80. The first-order valence-electron chi connectivity index (χ1n) is 10.8. The molecule has 5 nitrogen and oxygen atoms in total. The highest BCUT2D eigenvalue weighted by molar-refractivity contribution is 6.34. The molecule has 0 bridgehead atoms. The van der Waals surface area contributed by atoms with E-state index in [1.54, 1.807) is 19.9 Å². The molecule has 0 aromatic heterocycles. The molecule has 8 heteroatoms. The molecule has 0 unspecified atom stereocenters. The number of aliphatic carboxylic acids is 1. The summed E-state index contributed by atoms with van der Waals surface area (Å²) < 4.78 is 27.7. The van der Waals surface area contributed by atoms with Crippen LogP contribution in [0.1, 0.15) is 47.0 Å². The Morgan fingerprint density at radius 1 is 1.23 bits per heavy atom. The number of ether oxygens (including phenoxy) is 2. The van der Waals surface area contributed by atoms with Crippen LogP contribution in [0.4, 0.5) is 4.39 Å². The van der Waals surface area contributed by atoms with Gasteiger partial charge in [-0.2, -0.15) is 0 Å². The molecule has 0 aromatic carbocycles. The largest absolute Gasteiger partial charge is 0.479 e. The zero-order valence-corrected chi connectivity index (χ0v) is 19.5. The molecule has 31 heavy (non-hydrogen) atoms. The smallest absolute Gasteiger partial charge is 0.339 e. The second-order valence-corrected chi connectivity index (χ2v) is 11.8. The van der Waals surface area contributed by atoms with Crippen LogP contribution in [0.25, 0.3) is 0 Å². The molecule has 1 saturated heterocycles. The zero-order chi connectivity index (χ0) is 22.8. The van der Waals surface area contributed by atoms with Crippen molar-refractivity contribution in [2.24, 2.45) is 22.7 Å². The van der Waals surface area contributed by atoms with Crippen LogP contribution in [0.2, 0.25) is 0 Å². The van der Waals surface area contributed by atoms with E-state index < -0.39 is 56.6 Å². The van der Waals surface area contributed by atoms with Gasteiger partial charge in [-0.25, -0.2) is 9.18 Å². The Balaban J connectivity index is 1.66. The summed E-state index contributed by atoms with van der Waals surface area (Å²) >= 11 is 14.4. The van der Waals surface area contributed by atoms with Gasteiger partial charge in [-0.3, -0.25) is 4.79 Å². The van der Waals surface area contributed by atoms with Crippen molar-refractivity contribution in [2.75, 3.05) is 0 Å². The maximum Gasteiger partial charge on any atom is 0.339 e. The summed E-state index contributed by atoms with van der Waals surface area (Å²) in [5.74, 6) is -3.06. The van der Waals surface area contributed by atoms with Crippen LogP contribution in [0.5, 0.6) is 0 Å². The molecule has 0 amide bonds. The van der Waals surface area contributed by atoms with Crippen LogP contribution in [-0.2, 0) is 19.1 Å². The van der Waals surface area contributed by atoms with Crippen LogP contribution < -0.4 is 0 Å². The average molecular weight is 473 g/mol. The minimum absolute atomic E-state index is 0.0847. The first-order chi connectivity index (χ1) is 14.2. The summed E-state index contributed by atoms with van der Waals surface area (Å²) in [5, 5.41) is 9.70. The van der Waals surface area contributed by atoms with Gasteiger partial charge in [-0.05, 0) is 62.7 Å². The number of halogens is 3. The van der Waals surface area contributed by atoms with E-state index in [1.807, 2.05) is 13.8 Å². The van der Waals surface area contributed by atoms with Crippen LogP contribution in [0.15, 0.2) is 23.8 Å². The minimum atomic E-state index is -1.58. The van der Waals surface area contributed by atoms with E-state index in [-0.39, 0.29) is 24.5 Å². The molecule has 5 rings (SSSR count). The molecule has 0 spiro atoms. The van der Waals surface area contributed by atoms with Gasteiger partial charge in [0.15, 0.2) is 17.2 Å². The number of hydrogen-bond donors (Lipinski definition) is 1. The van der Waals surface area contributed by atoms with E-state index >= 15 is 4.39 Å². The number of carbonyl (C=O) groups is 2. The third-order valence-corrected chi connectivity index (χ3v) is 10.4. The summed E-state index contributed by atoms with van der Waals surface area (Å²) in [6, 6.07) is 0. The van der Waals surface area contributed by atoms with Crippen LogP contribution in [0, 0.1) is 22.7 Å². The van der Waals surface area contributed by atoms with Gasteiger partial charge in [0.1, 0.15) is 12.3 Å². The molecular weight excluding hydrogens is 446 g/mol. The number of carbonyl (C=O) groups excluding carboxylic acids is 1. The Morgan fingerprint density at radius 3 is 2.55 bits per heavy atom. The molecule has 170 valence electrons. The molecule has 4 fully saturated rings. The molecule has 5 aliphatic rings. The fourth-order valence-corrected chi connectivity index (χ4v) is 8.81. The second kappa shape index (κ2) is 6.13. The average Bonchev–Trinajstić information content (AvgIpc) is 3.06. The summed E-state index contributed by atoms with van der Waals surface area (Å²) in [6.45, 7) is 7.14. The predicted octanol–water partition coefficient (Wildman–Crippen LogP) is 4.41. The van der Waals surface area contributed by atoms with Crippen LogP contribution in [0.3, 0.4) is 0 Å². The topological polar surface area (TPSA) is 72.8 Å². The molecule has 1 heterocycles. The Bertz CT molecular complexity index is 948. The number of rotatable bonds is 1. The van der Waals surface area contributed by atoms with Crippen molar-refractivity contribution >= 4 is 35.0 Å². The number of alkyl halides is 3. The first-order valence-corrected chi connectivity index (χ1v) is 11.6. The monoisotopic (exact) mass is 472 g/mol. The lowest BCUT2D eigenvalue weighted by Crippen LogP contribution is -2.69. The van der Waals surface area contributed by atoms with Gasteiger partial charge in [0.2, 0.25) is 0 Å². The first kappa shape index (κ1) is 21.9. The lowest BCUT2D eigenvalue weighted by molar-refractivity contribution is -0.222. The molecular formula is C23H27Cl2FO5. The third kappa shape index (κ3) is 2.35. The minimum Gasteiger partial charge on any atom is -0.479 e. The summed E-state index contributed by atoms with van der Waals surface area (Å²) in [7, 11) is 0. The van der Waals surface area contributed by atoms with Crippen molar-refractivity contribution in [1.82, 2.24) is 0 Å². The van der Waals surface area contributed by atoms with Crippen LogP contribution >= 0.6 is 23.2 Å². The van der Waals surface area contributed by atoms with Gasteiger partial charge in [-0.15, -0.1) is 23.2 Å². The summed E-state index contributed by atoms with van der Waals surface area (Å²) in [4.78, 5) is 23.6. The maximum absolute atomic E-state index is 15.5. The second-order valence-electron chi connectivity index (χ2n) is 10.7.